The number of nitrogens with zero attached hydrogens (tertiary/aromatic N) is 1. The fraction of sp³-hybridized carbons (Fsp3) is 0.550. The van der Waals surface area contributed by atoms with Gasteiger partial charge in [0.25, 0.3) is 5.91 Å². The van der Waals surface area contributed by atoms with Gasteiger partial charge in [0, 0.05) is 25.3 Å². The zero-order chi connectivity index (χ0) is 20.8. The Hall–Kier alpha value is -1.88. The number of rotatable bonds is 12. The average Bonchev–Trinajstić information content (AvgIpc) is 2.66. The van der Waals surface area contributed by atoms with Crippen LogP contribution in [0.25, 0.3) is 0 Å². The largest absolute Gasteiger partial charge is 0.380 e. The number of hydrogen-bond acceptors (Lipinski definition) is 4. The van der Waals surface area contributed by atoms with Crippen LogP contribution in [0.1, 0.15) is 43.1 Å². The van der Waals surface area contributed by atoms with E-state index in [1.807, 2.05) is 19.1 Å². The lowest BCUT2D eigenvalue weighted by atomic mass is 10.1. The monoisotopic (exact) mass is 519 g/mol. The minimum Gasteiger partial charge on any atom is -0.380 e. The second-order valence-electron chi connectivity index (χ2n) is 6.76. The zero-order valence-corrected chi connectivity index (χ0v) is 19.8. The van der Waals surface area contributed by atoms with Crippen molar-refractivity contribution in [2.75, 3.05) is 32.8 Å². The van der Waals surface area contributed by atoms with Crippen LogP contribution in [-0.4, -0.2) is 50.6 Å². The van der Waals surface area contributed by atoms with Crippen molar-refractivity contribution in [3.63, 3.8) is 0 Å². The topological polar surface area (TPSA) is 118 Å². The Morgan fingerprint density at radius 3 is 2.38 bits per heavy atom. The third kappa shape index (κ3) is 13.1. The van der Waals surface area contributed by atoms with Crippen LogP contribution in [0.5, 0.6) is 0 Å². The van der Waals surface area contributed by atoms with Crippen molar-refractivity contribution in [1.82, 2.24) is 16.0 Å². The highest BCUT2D eigenvalue weighted by Gasteiger charge is 2.06. The van der Waals surface area contributed by atoms with Crippen LogP contribution in [0.3, 0.4) is 0 Å². The van der Waals surface area contributed by atoms with Crippen molar-refractivity contribution in [3.05, 3.63) is 35.4 Å². The molecule has 9 heteroatoms. The van der Waals surface area contributed by atoms with Crippen LogP contribution in [0.2, 0.25) is 0 Å². The van der Waals surface area contributed by atoms with Gasteiger partial charge in [-0.2, -0.15) is 0 Å². The van der Waals surface area contributed by atoms with Gasteiger partial charge in [0.1, 0.15) is 0 Å². The first kappa shape index (κ1) is 27.1. The van der Waals surface area contributed by atoms with Gasteiger partial charge in [-0.15, -0.1) is 24.0 Å². The Kier molecular flexibility index (Phi) is 14.9. The first-order valence-corrected chi connectivity index (χ1v) is 9.67. The van der Waals surface area contributed by atoms with Crippen molar-refractivity contribution >= 4 is 41.8 Å². The van der Waals surface area contributed by atoms with Gasteiger partial charge in [-0.25, -0.2) is 4.99 Å². The molecule has 0 fully saturated rings. The molecule has 1 aromatic carbocycles. The molecule has 0 saturated heterocycles. The molecule has 0 atom stereocenters. The van der Waals surface area contributed by atoms with Gasteiger partial charge in [0.05, 0.1) is 19.7 Å². The van der Waals surface area contributed by atoms with Gasteiger partial charge in [-0.3, -0.25) is 9.59 Å². The molecule has 164 valence electrons. The molecule has 0 spiro atoms. The van der Waals surface area contributed by atoms with E-state index in [9.17, 15) is 9.59 Å². The molecular weight excluding hydrogens is 485 g/mol. The van der Waals surface area contributed by atoms with Crippen molar-refractivity contribution in [1.29, 1.82) is 0 Å². The number of amides is 2. The Balaban J connectivity index is 0.00000784. The van der Waals surface area contributed by atoms with Crippen LogP contribution in [-0.2, 0) is 16.1 Å². The summed E-state index contributed by atoms with van der Waals surface area (Å²) in [6.07, 6.45) is 1.06. The molecular formula is C20H34IN5O3. The second-order valence-corrected chi connectivity index (χ2v) is 6.76. The van der Waals surface area contributed by atoms with E-state index in [1.165, 1.54) is 0 Å². The van der Waals surface area contributed by atoms with Crippen LogP contribution in [0.4, 0.5) is 0 Å². The number of benzene rings is 1. The fourth-order valence-corrected chi connectivity index (χ4v) is 2.21. The maximum Gasteiger partial charge on any atom is 0.251 e. The maximum absolute atomic E-state index is 11.9. The molecule has 8 nitrogen and oxygen atoms in total. The van der Waals surface area contributed by atoms with Gasteiger partial charge >= 0.3 is 0 Å². The number of guanidine groups is 1. The molecule has 0 unspecified atom stereocenters. The molecule has 0 bridgehead atoms. The standard InChI is InChI=1S/C20H33N5O3.HI/c1-4-22-20(23-10-12-28-11-9-15(2)3)25-13-16-5-7-17(8-6-16)19(27)24-14-18(21)26;/h5-8,15H,4,9-14H2,1-3H3,(H2,21,26)(H,24,27)(H2,22,23,25);1H. The van der Waals surface area contributed by atoms with E-state index in [1.54, 1.807) is 12.1 Å². The number of carbonyl (C=O) groups is 2. The van der Waals surface area contributed by atoms with Gasteiger partial charge in [0.2, 0.25) is 5.91 Å². The summed E-state index contributed by atoms with van der Waals surface area (Å²) in [6, 6.07) is 7.07. The highest BCUT2D eigenvalue weighted by molar-refractivity contribution is 14.0. The predicted molar refractivity (Wildman–Crippen MR) is 126 cm³/mol. The number of nitrogens with one attached hydrogen (secondary N) is 3. The number of hydrogen-bond donors (Lipinski definition) is 4. The van der Waals surface area contributed by atoms with E-state index in [-0.39, 0.29) is 36.4 Å². The Bertz CT molecular complexity index is 636. The van der Waals surface area contributed by atoms with Crippen LogP contribution in [0.15, 0.2) is 29.3 Å². The number of nitrogens with two attached hydrogens (primary N) is 1. The number of aliphatic imine (C=N–C) groups is 1. The lowest BCUT2D eigenvalue weighted by molar-refractivity contribution is -0.117. The molecule has 0 heterocycles. The van der Waals surface area contributed by atoms with Crippen molar-refractivity contribution in [2.45, 2.75) is 33.7 Å². The molecule has 0 aliphatic rings. The van der Waals surface area contributed by atoms with E-state index >= 15 is 0 Å². The van der Waals surface area contributed by atoms with Crippen LogP contribution in [0, 0.1) is 5.92 Å². The van der Waals surface area contributed by atoms with Gasteiger partial charge in [-0.05, 0) is 37.0 Å². The van der Waals surface area contributed by atoms with E-state index < -0.39 is 5.91 Å². The normalized spacial score (nSPS) is 11.0. The molecule has 0 aliphatic heterocycles. The van der Waals surface area contributed by atoms with Crippen molar-refractivity contribution in [3.8, 4) is 0 Å². The lowest BCUT2D eigenvalue weighted by Gasteiger charge is -2.12. The summed E-state index contributed by atoms with van der Waals surface area (Å²) >= 11 is 0. The first-order valence-electron chi connectivity index (χ1n) is 9.67. The molecule has 0 aliphatic carbocycles. The van der Waals surface area contributed by atoms with Crippen molar-refractivity contribution in [2.24, 2.45) is 16.6 Å². The maximum atomic E-state index is 11.9. The van der Waals surface area contributed by atoms with Crippen LogP contribution >= 0.6 is 24.0 Å². The molecule has 5 N–H and O–H groups in total. The lowest BCUT2D eigenvalue weighted by Crippen LogP contribution is -2.39. The summed E-state index contributed by atoms with van der Waals surface area (Å²) in [4.78, 5) is 27.1. The van der Waals surface area contributed by atoms with Gasteiger partial charge in [-0.1, -0.05) is 26.0 Å². The Labute approximate surface area is 190 Å². The SMILES string of the molecule is CCNC(=NCc1ccc(C(=O)NCC(N)=O)cc1)NCCOCCC(C)C.I. The predicted octanol–water partition coefficient (Wildman–Crippen LogP) is 1.64. The molecule has 29 heavy (non-hydrogen) atoms. The third-order valence-corrected chi connectivity index (χ3v) is 3.78. The fourth-order valence-electron chi connectivity index (χ4n) is 2.21. The minimum absolute atomic E-state index is 0. The molecule has 2 amide bonds. The smallest absolute Gasteiger partial charge is 0.251 e. The molecule has 1 rings (SSSR count). The summed E-state index contributed by atoms with van der Waals surface area (Å²) < 4.78 is 5.59. The van der Waals surface area contributed by atoms with E-state index in [4.69, 9.17) is 10.5 Å². The quantitative estimate of drug-likeness (QED) is 0.145. The highest BCUT2D eigenvalue weighted by Crippen LogP contribution is 2.06. The van der Waals surface area contributed by atoms with E-state index in [0.717, 1.165) is 31.1 Å². The number of primary amides is 1. The number of halogens is 1. The summed E-state index contributed by atoms with van der Waals surface area (Å²) in [7, 11) is 0. The summed E-state index contributed by atoms with van der Waals surface area (Å²) in [5.74, 6) is 0.458. The van der Waals surface area contributed by atoms with E-state index in [0.29, 0.717) is 31.2 Å². The Morgan fingerprint density at radius 2 is 1.79 bits per heavy atom. The second kappa shape index (κ2) is 16.0. The molecule has 1 aromatic rings. The third-order valence-electron chi connectivity index (χ3n) is 3.78. The van der Waals surface area contributed by atoms with Crippen molar-refractivity contribution < 1.29 is 14.3 Å². The highest BCUT2D eigenvalue weighted by atomic mass is 127. The average molecular weight is 519 g/mol. The first-order chi connectivity index (χ1) is 13.4. The van der Waals surface area contributed by atoms with Gasteiger partial charge < -0.3 is 26.4 Å². The number of ether oxygens (including phenoxy) is 1. The molecule has 0 saturated carbocycles. The minimum atomic E-state index is -0.576. The number of carbonyl (C=O) groups excluding carboxylic acids is 2. The summed E-state index contributed by atoms with van der Waals surface area (Å²) in [5, 5.41) is 8.89. The zero-order valence-electron chi connectivity index (χ0n) is 17.5. The van der Waals surface area contributed by atoms with Gasteiger partial charge in [0.15, 0.2) is 5.96 Å². The summed E-state index contributed by atoms with van der Waals surface area (Å²) in [5.41, 5.74) is 6.46. The van der Waals surface area contributed by atoms with Crippen LogP contribution < -0.4 is 21.7 Å². The molecule has 0 aromatic heterocycles. The van der Waals surface area contributed by atoms with E-state index in [2.05, 4.69) is 34.8 Å². The summed E-state index contributed by atoms with van der Waals surface area (Å²) in [6.45, 7) is 9.52. The Morgan fingerprint density at radius 1 is 1.10 bits per heavy atom. The molecule has 0 radical (unpaired) electrons.